The highest BCUT2D eigenvalue weighted by Gasteiger charge is 2.36. The molecule has 3 rings (SSSR count). The van der Waals surface area contributed by atoms with Gasteiger partial charge in [0.05, 0.1) is 17.9 Å². The van der Waals surface area contributed by atoms with E-state index in [1.165, 1.54) is 6.42 Å². The van der Waals surface area contributed by atoms with Gasteiger partial charge in [0, 0.05) is 5.92 Å². The molecule has 1 aliphatic rings. The van der Waals surface area contributed by atoms with Crippen molar-refractivity contribution in [3.63, 3.8) is 0 Å². The summed E-state index contributed by atoms with van der Waals surface area (Å²) >= 11 is 3.37. The first kappa shape index (κ1) is 12.7. The monoisotopic (exact) mass is 320 g/mol. The first-order valence-electron chi connectivity index (χ1n) is 6.59. The summed E-state index contributed by atoms with van der Waals surface area (Å²) in [6.07, 6.45) is 1.26. The predicted octanol–water partition coefficient (Wildman–Crippen LogP) is 4.48. The highest BCUT2D eigenvalue weighted by atomic mass is 79.9. The van der Waals surface area contributed by atoms with E-state index in [2.05, 4.69) is 45.3 Å². The van der Waals surface area contributed by atoms with E-state index in [0.717, 1.165) is 33.4 Å². The molecule has 3 nitrogen and oxygen atoms in total. The van der Waals surface area contributed by atoms with Crippen molar-refractivity contribution in [1.29, 1.82) is 0 Å². The number of hydrogen-bond donors (Lipinski definition) is 1. The average molecular weight is 321 g/mol. The number of halogens is 1. The first-order chi connectivity index (χ1) is 9.13. The lowest BCUT2D eigenvalue weighted by Crippen LogP contribution is -2.01. The second-order valence-electron chi connectivity index (χ2n) is 5.24. The van der Waals surface area contributed by atoms with Crippen molar-refractivity contribution in [3.8, 4) is 0 Å². The van der Waals surface area contributed by atoms with Gasteiger partial charge in [-0.15, -0.1) is 0 Å². The Morgan fingerprint density at radius 1 is 1.37 bits per heavy atom. The van der Waals surface area contributed by atoms with Crippen molar-refractivity contribution >= 4 is 21.6 Å². The third kappa shape index (κ3) is 2.84. The Kier molecular flexibility index (Phi) is 3.35. The maximum absolute atomic E-state index is 5.87. The van der Waals surface area contributed by atoms with Crippen LogP contribution in [-0.2, 0) is 6.54 Å². The Bertz CT molecular complexity index is 594. The standard InChI is InChI=1S/C15H17BrN2O/c1-9-7-12(9)14-5-3-11(19-14)8-17-13-4-6-15(16)18-10(13)2/h3-6,9,12,17H,7-8H2,1-2H3. The van der Waals surface area contributed by atoms with Crippen LogP contribution in [0.15, 0.2) is 33.3 Å². The van der Waals surface area contributed by atoms with Crippen molar-refractivity contribution in [3.05, 3.63) is 46.1 Å². The zero-order chi connectivity index (χ0) is 13.4. The van der Waals surface area contributed by atoms with Crippen LogP contribution < -0.4 is 5.32 Å². The lowest BCUT2D eigenvalue weighted by atomic mass is 10.3. The third-order valence-corrected chi connectivity index (χ3v) is 4.10. The minimum atomic E-state index is 0.643. The molecule has 1 fully saturated rings. The van der Waals surface area contributed by atoms with E-state index in [1.807, 2.05) is 19.1 Å². The molecule has 0 radical (unpaired) electrons. The molecular formula is C15H17BrN2O. The van der Waals surface area contributed by atoms with Crippen LogP contribution in [0.25, 0.3) is 0 Å². The lowest BCUT2D eigenvalue weighted by molar-refractivity contribution is 0.468. The van der Waals surface area contributed by atoms with Crippen LogP contribution in [0.3, 0.4) is 0 Å². The molecule has 1 saturated carbocycles. The fraction of sp³-hybridized carbons (Fsp3) is 0.400. The number of furan rings is 1. The maximum atomic E-state index is 5.87. The Morgan fingerprint density at radius 2 is 2.16 bits per heavy atom. The van der Waals surface area contributed by atoms with Gasteiger partial charge in [-0.3, -0.25) is 0 Å². The first-order valence-corrected chi connectivity index (χ1v) is 7.38. The SMILES string of the molecule is Cc1nc(Br)ccc1NCc1ccc(C2CC2C)o1. The fourth-order valence-electron chi connectivity index (χ4n) is 2.31. The molecule has 100 valence electrons. The van der Waals surface area contributed by atoms with Gasteiger partial charge >= 0.3 is 0 Å². The van der Waals surface area contributed by atoms with Crippen LogP contribution in [0.1, 0.15) is 36.5 Å². The molecule has 1 aliphatic carbocycles. The van der Waals surface area contributed by atoms with Gasteiger partial charge in [-0.2, -0.15) is 0 Å². The van der Waals surface area contributed by atoms with E-state index in [1.54, 1.807) is 0 Å². The highest BCUT2D eigenvalue weighted by molar-refractivity contribution is 9.10. The number of pyridine rings is 1. The van der Waals surface area contributed by atoms with Crippen molar-refractivity contribution in [2.45, 2.75) is 32.7 Å². The summed E-state index contributed by atoms with van der Waals surface area (Å²) in [6.45, 7) is 4.96. The minimum Gasteiger partial charge on any atom is -0.464 e. The van der Waals surface area contributed by atoms with Gasteiger partial charge in [-0.1, -0.05) is 6.92 Å². The van der Waals surface area contributed by atoms with Gasteiger partial charge in [0.15, 0.2) is 0 Å². The number of nitrogens with zero attached hydrogens (tertiary/aromatic N) is 1. The number of nitrogens with one attached hydrogen (secondary N) is 1. The molecule has 2 aromatic rings. The molecular weight excluding hydrogens is 304 g/mol. The minimum absolute atomic E-state index is 0.643. The van der Waals surface area contributed by atoms with Crippen LogP contribution in [0.5, 0.6) is 0 Å². The van der Waals surface area contributed by atoms with E-state index in [0.29, 0.717) is 12.5 Å². The van der Waals surface area contributed by atoms with Gasteiger partial charge in [0.2, 0.25) is 0 Å². The Hall–Kier alpha value is -1.29. The molecule has 19 heavy (non-hydrogen) atoms. The Balaban J connectivity index is 1.64. The van der Waals surface area contributed by atoms with E-state index in [4.69, 9.17) is 4.42 Å². The van der Waals surface area contributed by atoms with E-state index >= 15 is 0 Å². The third-order valence-electron chi connectivity index (χ3n) is 3.66. The number of anilines is 1. The maximum Gasteiger partial charge on any atom is 0.123 e. The molecule has 2 heterocycles. The summed E-state index contributed by atoms with van der Waals surface area (Å²) in [5, 5.41) is 3.36. The summed E-state index contributed by atoms with van der Waals surface area (Å²) in [6, 6.07) is 8.14. The molecule has 0 spiro atoms. The van der Waals surface area contributed by atoms with E-state index in [9.17, 15) is 0 Å². The molecule has 2 aromatic heterocycles. The van der Waals surface area contributed by atoms with Crippen molar-refractivity contribution in [2.24, 2.45) is 5.92 Å². The molecule has 0 amide bonds. The molecule has 0 bridgehead atoms. The molecule has 0 saturated heterocycles. The number of aryl methyl sites for hydroxylation is 1. The zero-order valence-electron chi connectivity index (χ0n) is 11.1. The van der Waals surface area contributed by atoms with Crippen molar-refractivity contribution in [1.82, 2.24) is 4.98 Å². The van der Waals surface area contributed by atoms with Crippen LogP contribution >= 0.6 is 15.9 Å². The number of aromatic nitrogens is 1. The fourth-order valence-corrected chi connectivity index (χ4v) is 2.71. The molecule has 2 atom stereocenters. The summed E-state index contributed by atoms with van der Waals surface area (Å²) in [5.41, 5.74) is 2.03. The smallest absolute Gasteiger partial charge is 0.123 e. The van der Waals surface area contributed by atoms with Gasteiger partial charge in [0.1, 0.15) is 16.1 Å². The average Bonchev–Trinajstić information content (AvgIpc) is 2.91. The van der Waals surface area contributed by atoms with Crippen LogP contribution in [-0.4, -0.2) is 4.98 Å². The van der Waals surface area contributed by atoms with Crippen molar-refractivity contribution < 1.29 is 4.42 Å². The Labute approximate surface area is 121 Å². The van der Waals surface area contributed by atoms with Gasteiger partial charge in [-0.05, 0) is 59.5 Å². The summed E-state index contributed by atoms with van der Waals surface area (Å²) in [7, 11) is 0. The van der Waals surface area contributed by atoms with Gasteiger partial charge in [0.25, 0.3) is 0 Å². The predicted molar refractivity (Wildman–Crippen MR) is 79.2 cm³/mol. The molecule has 4 heteroatoms. The van der Waals surface area contributed by atoms with Crippen LogP contribution in [0.2, 0.25) is 0 Å². The quantitative estimate of drug-likeness (QED) is 0.844. The topological polar surface area (TPSA) is 38.1 Å². The normalized spacial score (nSPS) is 21.4. The summed E-state index contributed by atoms with van der Waals surface area (Å²) in [5.74, 6) is 3.54. The van der Waals surface area contributed by atoms with Crippen LogP contribution in [0, 0.1) is 12.8 Å². The highest BCUT2D eigenvalue weighted by Crippen LogP contribution is 2.47. The van der Waals surface area contributed by atoms with Gasteiger partial charge in [-0.25, -0.2) is 4.98 Å². The summed E-state index contributed by atoms with van der Waals surface area (Å²) in [4.78, 5) is 4.36. The largest absolute Gasteiger partial charge is 0.464 e. The van der Waals surface area contributed by atoms with E-state index in [-0.39, 0.29) is 0 Å². The molecule has 0 aliphatic heterocycles. The number of hydrogen-bond acceptors (Lipinski definition) is 3. The second-order valence-corrected chi connectivity index (χ2v) is 6.06. The molecule has 2 unspecified atom stereocenters. The zero-order valence-corrected chi connectivity index (χ0v) is 12.7. The van der Waals surface area contributed by atoms with Gasteiger partial charge < -0.3 is 9.73 Å². The second kappa shape index (κ2) is 5.00. The van der Waals surface area contributed by atoms with Crippen molar-refractivity contribution in [2.75, 3.05) is 5.32 Å². The lowest BCUT2D eigenvalue weighted by Gasteiger charge is -2.07. The molecule has 1 N–H and O–H groups in total. The Morgan fingerprint density at radius 3 is 2.84 bits per heavy atom. The van der Waals surface area contributed by atoms with Crippen LogP contribution in [0.4, 0.5) is 5.69 Å². The van der Waals surface area contributed by atoms with E-state index < -0.39 is 0 Å². The number of rotatable bonds is 4. The summed E-state index contributed by atoms with van der Waals surface area (Å²) < 4.78 is 6.73. The molecule has 0 aromatic carbocycles.